The molecule has 3 saturated heterocycles. The van der Waals surface area contributed by atoms with Gasteiger partial charge in [0.15, 0.2) is 0 Å². The van der Waals surface area contributed by atoms with Crippen LogP contribution < -0.4 is 5.32 Å². The minimum absolute atomic E-state index is 0.339. The second-order valence-electron chi connectivity index (χ2n) is 8.34. The molecule has 1 saturated carbocycles. The van der Waals surface area contributed by atoms with Gasteiger partial charge in [0.05, 0.1) is 6.10 Å². The maximum Gasteiger partial charge on any atom is 0.0685 e. The predicted molar refractivity (Wildman–Crippen MR) is 80.7 cm³/mol. The Balaban J connectivity index is 1.33. The molecular formula is C17H30N2O. The number of fused-ring (bicyclic) bond motifs is 3. The Labute approximate surface area is 123 Å². The van der Waals surface area contributed by atoms with Crippen LogP contribution in [0, 0.1) is 17.3 Å². The van der Waals surface area contributed by atoms with Crippen LogP contribution in [0.4, 0.5) is 0 Å². The molecule has 0 amide bonds. The third-order valence-corrected chi connectivity index (χ3v) is 6.92. The second-order valence-corrected chi connectivity index (χ2v) is 8.34. The summed E-state index contributed by atoms with van der Waals surface area (Å²) in [6, 6.07) is 2.43. The van der Waals surface area contributed by atoms with Gasteiger partial charge in [-0.15, -0.1) is 0 Å². The number of rotatable bonds is 3. The fourth-order valence-corrected chi connectivity index (χ4v) is 5.72. The standard InChI is InChI=1S/C17H30N2O/c1-17(2)15(14-6-7-20-16(14)17)18-10-11-8-12-4-5-13(9-11)19(12)3/h11-16,18H,4-10H2,1-3H3. The van der Waals surface area contributed by atoms with E-state index in [-0.39, 0.29) is 0 Å². The Morgan fingerprint density at radius 2 is 1.85 bits per heavy atom. The molecule has 2 bridgehead atoms. The Kier molecular flexibility index (Phi) is 3.17. The number of ether oxygens (including phenoxy) is 1. The Morgan fingerprint density at radius 1 is 1.15 bits per heavy atom. The SMILES string of the molecule is CN1C2CCC1CC(CNC1C3CCOC3C1(C)C)C2. The Hall–Kier alpha value is -0.120. The van der Waals surface area contributed by atoms with Crippen LogP contribution in [0.2, 0.25) is 0 Å². The zero-order valence-electron chi connectivity index (χ0n) is 13.3. The van der Waals surface area contributed by atoms with Gasteiger partial charge in [0.2, 0.25) is 0 Å². The predicted octanol–water partition coefficient (Wildman–Crippen LogP) is 2.26. The molecule has 3 aliphatic heterocycles. The maximum atomic E-state index is 5.90. The molecule has 1 N–H and O–H groups in total. The van der Waals surface area contributed by atoms with Gasteiger partial charge in [-0.1, -0.05) is 13.8 Å². The van der Waals surface area contributed by atoms with Crippen molar-refractivity contribution in [2.75, 3.05) is 20.2 Å². The number of hydrogen-bond donors (Lipinski definition) is 1. The molecule has 3 heterocycles. The number of piperidine rings is 1. The third-order valence-electron chi connectivity index (χ3n) is 6.92. The van der Waals surface area contributed by atoms with Crippen LogP contribution in [0.3, 0.4) is 0 Å². The fraction of sp³-hybridized carbons (Fsp3) is 1.00. The molecule has 3 nitrogen and oxygen atoms in total. The molecule has 0 spiro atoms. The maximum absolute atomic E-state index is 5.90. The van der Waals surface area contributed by atoms with Crippen molar-refractivity contribution in [1.29, 1.82) is 0 Å². The van der Waals surface area contributed by atoms with Crippen molar-refractivity contribution in [2.45, 2.75) is 70.2 Å². The average molecular weight is 278 g/mol. The van der Waals surface area contributed by atoms with Gasteiger partial charge in [-0.3, -0.25) is 0 Å². The monoisotopic (exact) mass is 278 g/mol. The molecule has 0 aromatic rings. The van der Waals surface area contributed by atoms with Crippen LogP contribution in [0.15, 0.2) is 0 Å². The first-order chi connectivity index (χ1) is 9.57. The number of nitrogens with zero attached hydrogens (tertiary/aromatic N) is 1. The van der Waals surface area contributed by atoms with E-state index in [1.807, 2.05) is 0 Å². The lowest BCUT2D eigenvalue weighted by Gasteiger charge is -2.55. The van der Waals surface area contributed by atoms with Gasteiger partial charge in [-0.25, -0.2) is 0 Å². The summed E-state index contributed by atoms with van der Waals surface area (Å²) >= 11 is 0. The summed E-state index contributed by atoms with van der Waals surface area (Å²) in [6.45, 7) is 6.98. The van der Waals surface area contributed by atoms with Gasteiger partial charge in [0, 0.05) is 36.1 Å². The van der Waals surface area contributed by atoms with Crippen molar-refractivity contribution in [3.63, 3.8) is 0 Å². The lowest BCUT2D eigenvalue weighted by atomic mass is 9.57. The molecule has 1 aliphatic carbocycles. The van der Waals surface area contributed by atoms with E-state index in [9.17, 15) is 0 Å². The minimum Gasteiger partial charge on any atom is -0.377 e. The van der Waals surface area contributed by atoms with E-state index in [1.54, 1.807) is 0 Å². The topological polar surface area (TPSA) is 24.5 Å². The second kappa shape index (κ2) is 4.69. The smallest absolute Gasteiger partial charge is 0.0685 e. The van der Waals surface area contributed by atoms with Gasteiger partial charge >= 0.3 is 0 Å². The Morgan fingerprint density at radius 3 is 2.55 bits per heavy atom. The van der Waals surface area contributed by atoms with Crippen molar-refractivity contribution < 1.29 is 4.74 Å². The molecule has 0 radical (unpaired) electrons. The summed E-state index contributed by atoms with van der Waals surface area (Å²) in [5.41, 5.74) is 0.339. The zero-order chi connectivity index (χ0) is 13.9. The summed E-state index contributed by atoms with van der Waals surface area (Å²) in [7, 11) is 2.33. The highest BCUT2D eigenvalue weighted by molar-refractivity contribution is 5.11. The quantitative estimate of drug-likeness (QED) is 0.857. The first kappa shape index (κ1) is 13.5. The van der Waals surface area contributed by atoms with Crippen LogP contribution in [0.5, 0.6) is 0 Å². The van der Waals surface area contributed by atoms with E-state index < -0.39 is 0 Å². The normalized spacial score (nSPS) is 50.0. The van der Waals surface area contributed by atoms with Crippen LogP contribution in [-0.4, -0.2) is 49.3 Å². The average Bonchev–Trinajstić information content (AvgIpc) is 2.91. The molecule has 5 atom stereocenters. The highest BCUT2D eigenvalue weighted by Crippen LogP contribution is 2.52. The van der Waals surface area contributed by atoms with Gasteiger partial charge in [0.25, 0.3) is 0 Å². The number of hydrogen-bond acceptors (Lipinski definition) is 3. The molecule has 4 rings (SSSR count). The van der Waals surface area contributed by atoms with Gasteiger partial charge < -0.3 is 15.0 Å². The van der Waals surface area contributed by atoms with E-state index in [0.717, 1.165) is 30.5 Å². The van der Waals surface area contributed by atoms with Crippen LogP contribution in [0.25, 0.3) is 0 Å². The third kappa shape index (κ3) is 1.89. The highest BCUT2D eigenvalue weighted by atomic mass is 16.5. The first-order valence-corrected chi connectivity index (χ1v) is 8.64. The van der Waals surface area contributed by atoms with E-state index in [1.165, 1.54) is 38.6 Å². The Bertz CT molecular complexity index is 369. The van der Waals surface area contributed by atoms with Crippen LogP contribution in [-0.2, 0) is 4.74 Å². The molecule has 20 heavy (non-hydrogen) atoms. The fourth-order valence-electron chi connectivity index (χ4n) is 5.72. The molecule has 5 unspecified atom stereocenters. The van der Waals surface area contributed by atoms with Crippen molar-refractivity contribution in [3.05, 3.63) is 0 Å². The minimum atomic E-state index is 0.339. The van der Waals surface area contributed by atoms with Crippen molar-refractivity contribution >= 4 is 0 Å². The van der Waals surface area contributed by atoms with E-state index in [2.05, 4.69) is 31.1 Å². The molecule has 3 heteroatoms. The van der Waals surface area contributed by atoms with Crippen molar-refractivity contribution in [3.8, 4) is 0 Å². The van der Waals surface area contributed by atoms with Gasteiger partial charge in [-0.2, -0.15) is 0 Å². The lowest BCUT2D eigenvalue weighted by Crippen LogP contribution is -2.66. The van der Waals surface area contributed by atoms with E-state index >= 15 is 0 Å². The summed E-state index contributed by atoms with van der Waals surface area (Å²) in [5, 5.41) is 3.94. The van der Waals surface area contributed by atoms with Gasteiger partial charge in [0.1, 0.15) is 0 Å². The largest absolute Gasteiger partial charge is 0.377 e. The first-order valence-electron chi connectivity index (χ1n) is 8.64. The van der Waals surface area contributed by atoms with Crippen molar-refractivity contribution in [2.24, 2.45) is 17.3 Å². The van der Waals surface area contributed by atoms with Crippen LogP contribution >= 0.6 is 0 Å². The lowest BCUT2D eigenvalue weighted by molar-refractivity contribution is -0.113. The van der Waals surface area contributed by atoms with Crippen LogP contribution in [0.1, 0.15) is 46.0 Å². The summed E-state index contributed by atoms with van der Waals surface area (Å²) in [5.74, 6) is 1.69. The van der Waals surface area contributed by atoms with Crippen molar-refractivity contribution in [1.82, 2.24) is 10.2 Å². The number of nitrogens with one attached hydrogen (secondary N) is 1. The zero-order valence-corrected chi connectivity index (χ0v) is 13.3. The summed E-state index contributed by atoms with van der Waals surface area (Å²) in [6.07, 6.45) is 7.49. The summed E-state index contributed by atoms with van der Waals surface area (Å²) < 4.78 is 5.90. The molecule has 114 valence electrons. The molecule has 4 fully saturated rings. The molecule has 0 aromatic carbocycles. The van der Waals surface area contributed by atoms with E-state index in [0.29, 0.717) is 17.6 Å². The molecule has 4 aliphatic rings. The van der Waals surface area contributed by atoms with Gasteiger partial charge in [-0.05, 0) is 51.6 Å². The highest BCUT2D eigenvalue weighted by Gasteiger charge is 2.59. The molecule has 0 aromatic heterocycles. The summed E-state index contributed by atoms with van der Waals surface area (Å²) in [4.78, 5) is 2.64. The van der Waals surface area contributed by atoms with E-state index in [4.69, 9.17) is 4.74 Å². The molecular weight excluding hydrogens is 248 g/mol.